The highest BCUT2D eigenvalue weighted by atomic mass is 35.5. The molecule has 0 unspecified atom stereocenters. The van der Waals surface area contributed by atoms with Crippen molar-refractivity contribution in [3.05, 3.63) is 69.7 Å². The van der Waals surface area contributed by atoms with Crippen LogP contribution < -0.4 is 15.5 Å². The molecule has 2 N–H and O–H groups in total. The largest absolute Gasteiger partial charge is 0.497 e. The third-order valence-corrected chi connectivity index (χ3v) is 4.39. The Morgan fingerprint density at radius 1 is 1.11 bits per heavy atom. The lowest BCUT2D eigenvalue weighted by Crippen LogP contribution is -2.34. The van der Waals surface area contributed by atoms with Gasteiger partial charge < -0.3 is 10.1 Å². The number of carbonyl (C=O) groups is 2. The molecule has 0 radical (unpaired) electrons. The highest BCUT2D eigenvalue weighted by Crippen LogP contribution is 2.22. The molecule has 0 aromatic heterocycles. The Morgan fingerprint density at radius 2 is 1.82 bits per heavy atom. The van der Waals surface area contributed by atoms with Crippen molar-refractivity contribution in [3.8, 4) is 5.75 Å². The van der Waals surface area contributed by atoms with Crippen LogP contribution in [0.15, 0.2) is 53.6 Å². The van der Waals surface area contributed by atoms with Crippen LogP contribution in [0.2, 0.25) is 10.0 Å². The topological polar surface area (TPSA) is 79.8 Å². The van der Waals surface area contributed by atoms with Gasteiger partial charge in [0.2, 0.25) is 5.91 Å². The zero-order valence-electron chi connectivity index (χ0n) is 15.3. The van der Waals surface area contributed by atoms with Crippen LogP contribution in [0.5, 0.6) is 5.75 Å². The van der Waals surface area contributed by atoms with Gasteiger partial charge in [0, 0.05) is 6.08 Å². The number of rotatable bonds is 7. The Kier molecular flexibility index (Phi) is 8.04. The SMILES string of the molecule is COc1ccc(/C=C/C(=O)NCC(=O)N/N=C(/C)c2ccc(Cl)c(Cl)c2)cc1. The minimum absolute atomic E-state index is 0.204. The van der Waals surface area contributed by atoms with Crippen molar-refractivity contribution in [1.29, 1.82) is 0 Å². The van der Waals surface area contributed by atoms with Crippen LogP contribution in [0.3, 0.4) is 0 Å². The van der Waals surface area contributed by atoms with E-state index >= 15 is 0 Å². The van der Waals surface area contributed by atoms with Gasteiger partial charge in [-0.05, 0) is 48.4 Å². The van der Waals surface area contributed by atoms with E-state index in [1.54, 1.807) is 50.4 Å². The van der Waals surface area contributed by atoms with Crippen molar-refractivity contribution >= 4 is 46.8 Å². The van der Waals surface area contributed by atoms with Crippen LogP contribution in [0.1, 0.15) is 18.1 Å². The average Bonchev–Trinajstić information content (AvgIpc) is 2.71. The van der Waals surface area contributed by atoms with Crippen molar-refractivity contribution in [2.24, 2.45) is 5.10 Å². The molecule has 0 aliphatic carbocycles. The molecule has 0 saturated carbocycles. The van der Waals surface area contributed by atoms with Crippen molar-refractivity contribution < 1.29 is 14.3 Å². The molecule has 8 heteroatoms. The highest BCUT2D eigenvalue weighted by Gasteiger charge is 2.05. The first-order valence-corrected chi connectivity index (χ1v) is 9.03. The second-order valence-electron chi connectivity index (χ2n) is 5.69. The molecule has 2 aromatic rings. The van der Waals surface area contributed by atoms with Gasteiger partial charge in [-0.2, -0.15) is 5.10 Å². The van der Waals surface area contributed by atoms with Gasteiger partial charge >= 0.3 is 0 Å². The van der Waals surface area contributed by atoms with E-state index in [0.717, 1.165) is 16.9 Å². The maximum absolute atomic E-state index is 11.8. The zero-order valence-corrected chi connectivity index (χ0v) is 16.8. The first kappa shape index (κ1) is 21.5. The van der Waals surface area contributed by atoms with E-state index in [1.165, 1.54) is 6.08 Å². The average molecular weight is 420 g/mol. The minimum Gasteiger partial charge on any atom is -0.497 e. The number of amides is 2. The van der Waals surface area contributed by atoms with Gasteiger partial charge in [-0.25, -0.2) is 5.43 Å². The predicted molar refractivity (Wildman–Crippen MR) is 112 cm³/mol. The lowest BCUT2D eigenvalue weighted by molar-refractivity contribution is -0.123. The monoisotopic (exact) mass is 419 g/mol. The lowest BCUT2D eigenvalue weighted by atomic mass is 10.1. The van der Waals surface area contributed by atoms with E-state index in [4.69, 9.17) is 27.9 Å². The Balaban J connectivity index is 1.81. The summed E-state index contributed by atoms with van der Waals surface area (Å²) in [6, 6.07) is 12.3. The second-order valence-corrected chi connectivity index (χ2v) is 6.50. The van der Waals surface area contributed by atoms with Crippen LogP contribution >= 0.6 is 23.2 Å². The van der Waals surface area contributed by atoms with E-state index in [2.05, 4.69) is 15.8 Å². The summed E-state index contributed by atoms with van der Waals surface area (Å²) in [7, 11) is 1.58. The van der Waals surface area contributed by atoms with Gasteiger partial charge in [-0.3, -0.25) is 9.59 Å². The summed E-state index contributed by atoms with van der Waals surface area (Å²) in [5, 5.41) is 7.31. The summed E-state index contributed by atoms with van der Waals surface area (Å²) in [6.45, 7) is 1.51. The van der Waals surface area contributed by atoms with Crippen LogP contribution in [-0.4, -0.2) is 31.2 Å². The number of ether oxygens (including phenoxy) is 1. The molecule has 0 fully saturated rings. The molecular weight excluding hydrogens is 401 g/mol. The molecule has 0 aliphatic heterocycles. The third-order valence-electron chi connectivity index (χ3n) is 3.65. The second kappa shape index (κ2) is 10.5. The zero-order chi connectivity index (χ0) is 20.5. The fourth-order valence-corrected chi connectivity index (χ4v) is 2.38. The molecule has 2 amide bonds. The molecule has 0 bridgehead atoms. The van der Waals surface area contributed by atoms with Gasteiger partial charge in [0.1, 0.15) is 5.75 Å². The first-order valence-electron chi connectivity index (χ1n) is 8.27. The van der Waals surface area contributed by atoms with Gasteiger partial charge in [-0.15, -0.1) is 0 Å². The van der Waals surface area contributed by atoms with E-state index in [-0.39, 0.29) is 6.54 Å². The van der Waals surface area contributed by atoms with E-state index < -0.39 is 11.8 Å². The molecule has 146 valence electrons. The summed E-state index contributed by atoms with van der Waals surface area (Å²) < 4.78 is 5.07. The van der Waals surface area contributed by atoms with E-state index in [1.807, 2.05) is 12.1 Å². The van der Waals surface area contributed by atoms with Crippen molar-refractivity contribution in [2.45, 2.75) is 6.92 Å². The fraction of sp³-hybridized carbons (Fsp3) is 0.150. The molecule has 0 atom stereocenters. The van der Waals surface area contributed by atoms with Gasteiger partial charge in [0.15, 0.2) is 0 Å². The predicted octanol–water partition coefficient (Wildman–Crippen LogP) is 3.67. The summed E-state index contributed by atoms with van der Waals surface area (Å²) >= 11 is 11.8. The Bertz CT molecular complexity index is 909. The molecule has 6 nitrogen and oxygen atoms in total. The van der Waals surface area contributed by atoms with Crippen LogP contribution in [0, 0.1) is 0 Å². The molecule has 2 rings (SSSR count). The number of hydrogen-bond acceptors (Lipinski definition) is 4. The normalized spacial score (nSPS) is 11.4. The maximum atomic E-state index is 11.8. The van der Waals surface area contributed by atoms with Gasteiger partial charge in [0.05, 0.1) is 29.4 Å². The Morgan fingerprint density at radius 3 is 2.46 bits per heavy atom. The van der Waals surface area contributed by atoms with Crippen molar-refractivity contribution in [3.63, 3.8) is 0 Å². The molecule has 0 aliphatic rings. The van der Waals surface area contributed by atoms with Crippen LogP contribution in [0.25, 0.3) is 6.08 Å². The number of nitrogens with zero attached hydrogens (tertiary/aromatic N) is 1. The van der Waals surface area contributed by atoms with Crippen LogP contribution in [-0.2, 0) is 9.59 Å². The van der Waals surface area contributed by atoms with Crippen LogP contribution in [0.4, 0.5) is 0 Å². The molecule has 0 heterocycles. The maximum Gasteiger partial charge on any atom is 0.259 e. The van der Waals surface area contributed by atoms with E-state index in [9.17, 15) is 9.59 Å². The fourth-order valence-electron chi connectivity index (χ4n) is 2.08. The Labute approximate surface area is 173 Å². The quantitative estimate of drug-likeness (QED) is 0.408. The number of nitrogens with one attached hydrogen (secondary N) is 2. The number of methoxy groups -OCH3 is 1. The Hall–Kier alpha value is -2.83. The standard InChI is InChI=1S/C20H19Cl2N3O3/c1-13(15-6-9-17(21)18(22)11-15)24-25-20(27)12-23-19(26)10-5-14-3-7-16(28-2)8-4-14/h3-11H,12H2,1-2H3,(H,23,26)(H,25,27)/b10-5+,24-13-. The highest BCUT2D eigenvalue weighted by molar-refractivity contribution is 6.42. The number of hydrazone groups is 1. The molecule has 0 saturated heterocycles. The molecule has 2 aromatic carbocycles. The summed E-state index contributed by atoms with van der Waals surface area (Å²) in [4.78, 5) is 23.6. The number of carbonyl (C=O) groups excluding carboxylic acids is 2. The number of benzene rings is 2. The lowest BCUT2D eigenvalue weighted by Gasteiger charge is -2.05. The summed E-state index contributed by atoms with van der Waals surface area (Å²) in [5.41, 5.74) is 4.49. The van der Waals surface area contributed by atoms with Crippen molar-refractivity contribution in [2.75, 3.05) is 13.7 Å². The van der Waals surface area contributed by atoms with Gasteiger partial charge in [-0.1, -0.05) is 41.4 Å². The summed E-state index contributed by atoms with van der Waals surface area (Å²) in [6.07, 6.45) is 2.98. The minimum atomic E-state index is -0.453. The number of hydrogen-bond donors (Lipinski definition) is 2. The smallest absolute Gasteiger partial charge is 0.259 e. The molecule has 0 spiro atoms. The molecular formula is C20H19Cl2N3O3. The third kappa shape index (κ3) is 6.72. The van der Waals surface area contributed by atoms with Gasteiger partial charge in [0.25, 0.3) is 5.91 Å². The van der Waals surface area contributed by atoms with E-state index in [0.29, 0.717) is 15.8 Å². The van der Waals surface area contributed by atoms with Crippen molar-refractivity contribution in [1.82, 2.24) is 10.7 Å². The molecule has 28 heavy (non-hydrogen) atoms. The first-order chi connectivity index (χ1) is 13.4. The summed E-state index contributed by atoms with van der Waals surface area (Å²) in [5.74, 6) is -0.114. The number of halogens is 2.